The molecular weight excluding hydrogens is 370 g/mol. The molecule has 0 saturated carbocycles. The normalized spacial score (nSPS) is 24.7. The number of nitrogens with two attached hydrogens (primary N) is 1. The SMILES string of the molecule is CCOC(=O)c1cnn(-c2nc(N)c3ncn([C@@H]4O[C@H](C)[C@@H](O)[C@H]4O)c3n2)c1. The first-order chi connectivity index (χ1) is 13.4. The van der Waals surface area contributed by atoms with Crippen LogP contribution in [0.2, 0.25) is 0 Å². The molecule has 148 valence electrons. The molecule has 0 aromatic carbocycles. The zero-order chi connectivity index (χ0) is 20.0. The van der Waals surface area contributed by atoms with E-state index in [1.54, 1.807) is 13.8 Å². The fourth-order valence-corrected chi connectivity index (χ4v) is 3.02. The maximum Gasteiger partial charge on any atom is 0.341 e. The number of aliphatic hydroxyl groups is 2. The van der Waals surface area contributed by atoms with Crippen molar-refractivity contribution in [2.45, 2.75) is 38.4 Å². The summed E-state index contributed by atoms with van der Waals surface area (Å²) in [4.78, 5) is 24.6. The Kier molecular flexibility index (Phi) is 4.45. The summed E-state index contributed by atoms with van der Waals surface area (Å²) >= 11 is 0. The Morgan fingerprint density at radius 1 is 1.36 bits per heavy atom. The number of imidazole rings is 1. The van der Waals surface area contributed by atoms with Gasteiger partial charge in [0.25, 0.3) is 5.95 Å². The van der Waals surface area contributed by atoms with Crippen molar-refractivity contribution in [3.63, 3.8) is 0 Å². The van der Waals surface area contributed by atoms with E-state index in [0.717, 1.165) is 0 Å². The molecule has 0 aliphatic carbocycles. The molecule has 12 heteroatoms. The van der Waals surface area contributed by atoms with Gasteiger partial charge in [-0.05, 0) is 13.8 Å². The second-order valence-electron chi connectivity index (χ2n) is 6.34. The number of aliphatic hydroxyl groups excluding tert-OH is 2. The van der Waals surface area contributed by atoms with Crippen molar-refractivity contribution in [2.75, 3.05) is 12.3 Å². The molecule has 1 aliphatic rings. The van der Waals surface area contributed by atoms with Crippen LogP contribution in [-0.2, 0) is 9.47 Å². The van der Waals surface area contributed by atoms with Crippen molar-refractivity contribution >= 4 is 23.0 Å². The molecule has 0 amide bonds. The molecule has 3 aromatic heterocycles. The molecule has 1 saturated heterocycles. The lowest BCUT2D eigenvalue weighted by Gasteiger charge is -2.16. The molecule has 0 bridgehead atoms. The number of anilines is 1. The van der Waals surface area contributed by atoms with Gasteiger partial charge in [-0.3, -0.25) is 4.57 Å². The van der Waals surface area contributed by atoms with Gasteiger partial charge in [0.05, 0.1) is 30.8 Å². The highest BCUT2D eigenvalue weighted by Gasteiger charge is 2.42. The van der Waals surface area contributed by atoms with E-state index in [-0.39, 0.29) is 23.9 Å². The number of hydrogen-bond acceptors (Lipinski definition) is 10. The van der Waals surface area contributed by atoms with Crippen LogP contribution in [0.25, 0.3) is 17.1 Å². The number of aromatic nitrogens is 6. The van der Waals surface area contributed by atoms with Crippen LogP contribution in [0.15, 0.2) is 18.7 Å². The molecule has 4 atom stereocenters. The number of carbonyl (C=O) groups is 1. The van der Waals surface area contributed by atoms with E-state index in [0.29, 0.717) is 11.2 Å². The summed E-state index contributed by atoms with van der Waals surface area (Å²) in [5, 5.41) is 24.3. The van der Waals surface area contributed by atoms with E-state index in [1.807, 2.05) is 0 Å². The summed E-state index contributed by atoms with van der Waals surface area (Å²) in [6, 6.07) is 0. The van der Waals surface area contributed by atoms with Crippen LogP contribution >= 0.6 is 0 Å². The number of nitrogen functional groups attached to an aromatic ring is 1. The Morgan fingerprint density at radius 3 is 2.82 bits per heavy atom. The monoisotopic (exact) mass is 389 g/mol. The van der Waals surface area contributed by atoms with Gasteiger partial charge in [0.1, 0.15) is 17.7 Å². The largest absolute Gasteiger partial charge is 0.462 e. The lowest BCUT2D eigenvalue weighted by Crippen LogP contribution is -2.30. The molecular formula is C16H19N7O5. The fraction of sp³-hybridized carbons (Fsp3) is 0.438. The molecule has 28 heavy (non-hydrogen) atoms. The minimum atomic E-state index is -1.16. The van der Waals surface area contributed by atoms with E-state index in [2.05, 4.69) is 20.1 Å². The Bertz CT molecular complexity index is 1030. The summed E-state index contributed by atoms with van der Waals surface area (Å²) in [6.07, 6.45) is 0.517. The zero-order valence-electron chi connectivity index (χ0n) is 15.1. The number of esters is 1. The van der Waals surface area contributed by atoms with Crippen LogP contribution < -0.4 is 5.73 Å². The lowest BCUT2D eigenvalue weighted by atomic mass is 10.1. The van der Waals surface area contributed by atoms with Crippen molar-refractivity contribution in [3.8, 4) is 5.95 Å². The van der Waals surface area contributed by atoms with Crippen molar-refractivity contribution in [3.05, 3.63) is 24.3 Å². The van der Waals surface area contributed by atoms with Gasteiger partial charge in [0.2, 0.25) is 0 Å². The third-order valence-corrected chi connectivity index (χ3v) is 4.49. The highest BCUT2D eigenvalue weighted by molar-refractivity contribution is 5.89. The third kappa shape index (κ3) is 2.87. The molecule has 0 radical (unpaired) electrons. The van der Waals surface area contributed by atoms with E-state index >= 15 is 0 Å². The standard InChI is InChI=1S/C16H19N7O5/c1-3-27-15(26)8-4-19-23(5-8)16-20-12(17)9-13(21-16)22(6-18-9)14-11(25)10(24)7(2)28-14/h4-7,10-11,14,24-25H,3H2,1-2H3,(H2,17,20,21)/t7-,10-,11-,14-/m1/s1. The van der Waals surface area contributed by atoms with Crippen molar-refractivity contribution < 1.29 is 24.5 Å². The Hall–Kier alpha value is -3.09. The van der Waals surface area contributed by atoms with Crippen LogP contribution in [0.5, 0.6) is 0 Å². The van der Waals surface area contributed by atoms with Gasteiger partial charge in [-0.1, -0.05) is 0 Å². The van der Waals surface area contributed by atoms with Gasteiger partial charge in [-0.15, -0.1) is 0 Å². The van der Waals surface area contributed by atoms with Crippen LogP contribution in [0.1, 0.15) is 30.4 Å². The lowest BCUT2D eigenvalue weighted by molar-refractivity contribution is -0.0299. The maximum absolute atomic E-state index is 11.8. The van der Waals surface area contributed by atoms with Crippen LogP contribution in [0.4, 0.5) is 5.82 Å². The average Bonchev–Trinajstić information content (AvgIpc) is 3.37. The van der Waals surface area contributed by atoms with Crippen molar-refractivity contribution in [1.82, 2.24) is 29.3 Å². The minimum absolute atomic E-state index is 0.0908. The molecule has 1 aliphatic heterocycles. The van der Waals surface area contributed by atoms with Gasteiger partial charge < -0.3 is 25.4 Å². The van der Waals surface area contributed by atoms with Gasteiger partial charge in [-0.25, -0.2) is 14.5 Å². The maximum atomic E-state index is 11.8. The first-order valence-corrected chi connectivity index (χ1v) is 8.64. The second-order valence-corrected chi connectivity index (χ2v) is 6.34. The number of rotatable bonds is 4. The third-order valence-electron chi connectivity index (χ3n) is 4.49. The van der Waals surface area contributed by atoms with Crippen molar-refractivity contribution in [2.24, 2.45) is 0 Å². The van der Waals surface area contributed by atoms with Gasteiger partial charge in [0, 0.05) is 6.20 Å². The van der Waals surface area contributed by atoms with Gasteiger partial charge >= 0.3 is 5.97 Å². The van der Waals surface area contributed by atoms with E-state index in [1.165, 1.54) is 28.0 Å². The average molecular weight is 389 g/mol. The van der Waals surface area contributed by atoms with Crippen LogP contribution in [0, 0.1) is 0 Å². The predicted molar refractivity (Wildman–Crippen MR) is 94.4 cm³/mol. The first-order valence-electron chi connectivity index (χ1n) is 8.64. The van der Waals surface area contributed by atoms with Crippen molar-refractivity contribution in [1.29, 1.82) is 0 Å². The number of nitrogens with zero attached hydrogens (tertiary/aromatic N) is 6. The zero-order valence-corrected chi connectivity index (χ0v) is 15.1. The molecule has 4 N–H and O–H groups in total. The van der Waals surface area contributed by atoms with Gasteiger partial charge in [0.15, 0.2) is 17.7 Å². The number of ether oxygens (including phenoxy) is 2. The second kappa shape index (κ2) is 6.82. The molecule has 0 spiro atoms. The topological polar surface area (TPSA) is 163 Å². The summed E-state index contributed by atoms with van der Waals surface area (Å²) in [5.41, 5.74) is 6.84. The highest BCUT2D eigenvalue weighted by Crippen LogP contribution is 2.32. The number of fused-ring (bicyclic) bond motifs is 1. The molecule has 3 aromatic rings. The molecule has 4 heterocycles. The summed E-state index contributed by atoms with van der Waals surface area (Å²) < 4.78 is 13.3. The molecule has 12 nitrogen and oxygen atoms in total. The van der Waals surface area contributed by atoms with Crippen LogP contribution in [0.3, 0.4) is 0 Å². The Balaban J connectivity index is 1.75. The predicted octanol–water partition coefficient (Wildman–Crippen LogP) is -0.590. The van der Waals surface area contributed by atoms with E-state index < -0.39 is 30.5 Å². The number of carbonyl (C=O) groups excluding carboxylic acids is 1. The quantitative estimate of drug-likeness (QED) is 0.491. The van der Waals surface area contributed by atoms with Crippen LogP contribution in [-0.4, -0.2) is 70.4 Å². The molecule has 4 rings (SSSR count). The first kappa shape index (κ1) is 18.3. The fourth-order valence-electron chi connectivity index (χ4n) is 3.02. The Labute approximate surface area is 158 Å². The van der Waals surface area contributed by atoms with E-state index in [9.17, 15) is 15.0 Å². The summed E-state index contributed by atoms with van der Waals surface area (Å²) in [6.45, 7) is 3.60. The minimum Gasteiger partial charge on any atom is -0.462 e. The summed E-state index contributed by atoms with van der Waals surface area (Å²) in [5.74, 6) is -0.324. The summed E-state index contributed by atoms with van der Waals surface area (Å²) in [7, 11) is 0. The smallest absolute Gasteiger partial charge is 0.341 e. The Morgan fingerprint density at radius 2 is 2.14 bits per heavy atom. The van der Waals surface area contributed by atoms with E-state index in [4.69, 9.17) is 15.2 Å². The molecule has 1 fully saturated rings. The highest BCUT2D eigenvalue weighted by atomic mass is 16.6. The molecule has 0 unspecified atom stereocenters. The van der Waals surface area contributed by atoms with Gasteiger partial charge in [-0.2, -0.15) is 15.1 Å². The number of hydrogen-bond donors (Lipinski definition) is 3.